The van der Waals surface area contributed by atoms with Gasteiger partial charge in [0.1, 0.15) is 5.56 Å². The summed E-state index contributed by atoms with van der Waals surface area (Å²) in [5, 5.41) is 12.2. The van der Waals surface area contributed by atoms with Gasteiger partial charge in [0.15, 0.2) is 5.13 Å². The zero-order valence-corrected chi connectivity index (χ0v) is 17.3. The normalized spacial score (nSPS) is 11.2. The number of carbonyl (C=O) groups excluding carboxylic acids is 1. The van der Waals surface area contributed by atoms with E-state index in [-0.39, 0.29) is 16.3 Å². The van der Waals surface area contributed by atoms with Crippen LogP contribution in [0.3, 0.4) is 0 Å². The van der Waals surface area contributed by atoms with Gasteiger partial charge in [0.25, 0.3) is 11.6 Å². The minimum absolute atomic E-state index is 0.0494. The number of benzene rings is 2. The Morgan fingerprint density at radius 2 is 1.96 bits per heavy atom. The summed E-state index contributed by atoms with van der Waals surface area (Å²) >= 11 is 7.40. The summed E-state index contributed by atoms with van der Waals surface area (Å²) in [7, 11) is 3.79. The SMILES string of the molecule is Cc1ccc2nc(N(CCN(C)C)C(=O)c3cc(Cl)ccc3[N+](=O)[O-])sc2c1. The largest absolute Gasteiger partial charge is 0.308 e. The molecule has 0 aliphatic rings. The number of anilines is 1. The molecule has 146 valence electrons. The zero-order chi connectivity index (χ0) is 20.4. The minimum Gasteiger partial charge on any atom is -0.308 e. The van der Waals surface area contributed by atoms with E-state index >= 15 is 0 Å². The number of carbonyl (C=O) groups is 1. The minimum atomic E-state index is -0.574. The highest BCUT2D eigenvalue weighted by atomic mass is 35.5. The number of aromatic nitrogens is 1. The molecule has 0 fully saturated rings. The predicted octanol–water partition coefficient (Wildman–Crippen LogP) is 4.37. The monoisotopic (exact) mass is 418 g/mol. The van der Waals surface area contributed by atoms with E-state index in [2.05, 4.69) is 4.98 Å². The quantitative estimate of drug-likeness (QED) is 0.438. The maximum absolute atomic E-state index is 13.3. The van der Waals surface area contributed by atoms with Crippen LogP contribution in [0.1, 0.15) is 15.9 Å². The van der Waals surface area contributed by atoms with E-state index in [9.17, 15) is 14.9 Å². The molecule has 0 N–H and O–H groups in total. The molecule has 0 unspecified atom stereocenters. The van der Waals surface area contributed by atoms with Crippen LogP contribution >= 0.6 is 22.9 Å². The molecular weight excluding hydrogens is 400 g/mol. The average molecular weight is 419 g/mol. The van der Waals surface area contributed by atoms with Crippen LogP contribution < -0.4 is 4.90 Å². The fourth-order valence-electron chi connectivity index (χ4n) is 2.70. The Balaban J connectivity index is 2.07. The van der Waals surface area contributed by atoms with Gasteiger partial charge in [-0.2, -0.15) is 0 Å². The summed E-state index contributed by atoms with van der Waals surface area (Å²) < 4.78 is 0.957. The van der Waals surface area contributed by atoms with Crippen LogP contribution in [-0.4, -0.2) is 47.9 Å². The molecule has 0 aliphatic heterocycles. The number of hydrogen-bond donors (Lipinski definition) is 0. The first kappa shape index (κ1) is 20.2. The summed E-state index contributed by atoms with van der Waals surface area (Å²) in [5.74, 6) is -0.494. The first-order valence-corrected chi connectivity index (χ1v) is 9.73. The summed E-state index contributed by atoms with van der Waals surface area (Å²) in [4.78, 5) is 32.1. The van der Waals surface area contributed by atoms with Crippen molar-refractivity contribution in [1.29, 1.82) is 0 Å². The van der Waals surface area contributed by atoms with E-state index in [4.69, 9.17) is 11.6 Å². The van der Waals surface area contributed by atoms with Gasteiger partial charge in [0.2, 0.25) is 0 Å². The number of thiazole rings is 1. The first-order chi connectivity index (χ1) is 13.3. The lowest BCUT2D eigenvalue weighted by Gasteiger charge is -2.22. The van der Waals surface area contributed by atoms with Crippen molar-refractivity contribution in [3.63, 3.8) is 0 Å². The highest BCUT2D eigenvalue weighted by Gasteiger charge is 2.28. The second-order valence-corrected chi connectivity index (χ2v) is 8.09. The highest BCUT2D eigenvalue weighted by Crippen LogP contribution is 2.32. The molecule has 2 aromatic carbocycles. The molecule has 0 saturated heterocycles. The number of nitrogens with zero attached hydrogens (tertiary/aromatic N) is 4. The van der Waals surface area contributed by atoms with Crippen molar-refractivity contribution >= 4 is 49.9 Å². The first-order valence-electron chi connectivity index (χ1n) is 8.54. The van der Waals surface area contributed by atoms with Gasteiger partial charge in [-0.3, -0.25) is 19.8 Å². The molecule has 28 heavy (non-hydrogen) atoms. The molecule has 0 saturated carbocycles. The van der Waals surface area contributed by atoms with E-state index in [1.807, 2.05) is 44.1 Å². The molecule has 1 aromatic heterocycles. The van der Waals surface area contributed by atoms with Crippen LogP contribution in [0.5, 0.6) is 0 Å². The topological polar surface area (TPSA) is 79.6 Å². The van der Waals surface area contributed by atoms with E-state index < -0.39 is 10.8 Å². The van der Waals surface area contributed by atoms with Crippen LogP contribution in [0, 0.1) is 17.0 Å². The summed E-state index contributed by atoms with van der Waals surface area (Å²) in [6.45, 7) is 2.91. The Morgan fingerprint density at radius 1 is 1.21 bits per heavy atom. The van der Waals surface area contributed by atoms with Gasteiger partial charge >= 0.3 is 0 Å². The maximum atomic E-state index is 13.3. The molecular formula is C19H19ClN4O3S. The van der Waals surface area contributed by atoms with Crippen molar-refractivity contribution < 1.29 is 9.72 Å². The van der Waals surface area contributed by atoms with Crippen LogP contribution in [0.2, 0.25) is 5.02 Å². The van der Waals surface area contributed by atoms with Crippen LogP contribution in [0.4, 0.5) is 10.8 Å². The zero-order valence-electron chi connectivity index (χ0n) is 15.7. The van der Waals surface area contributed by atoms with Crippen LogP contribution in [0.15, 0.2) is 36.4 Å². The summed E-state index contributed by atoms with van der Waals surface area (Å²) in [6, 6.07) is 9.86. The van der Waals surface area contributed by atoms with Gasteiger partial charge < -0.3 is 4.90 Å². The van der Waals surface area contributed by atoms with Crippen LogP contribution in [-0.2, 0) is 0 Å². The molecule has 0 aliphatic carbocycles. The number of likely N-dealkylation sites (N-methyl/N-ethyl adjacent to an activating group) is 1. The molecule has 1 amide bonds. The Labute approximate surface area is 171 Å². The van der Waals surface area contributed by atoms with Gasteiger partial charge in [0.05, 0.1) is 15.1 Å². The number of aryl methyl sites for hydroxylation is 1. The Bertz CT molecular complexity index is 1050. The van der Waals surface area contributed by atoms with E-state index in [1.54, 1.807) is 0 Å². The molecule has 1 heterocycles. The van der Waals surface area contributed by atoms with E-state index in [0.717, 1.165) is 15.8 Å². The van der Waals surface area contributed by atoms with E-state index in [0.29, 0.717) is 18.2 Å². The Morgan fingerprint density at radius 3 is 2.64 bits per heavy atom. The second-order valence-electron chi connectivity index (χ2n) is 6.65. The molecule has 0 atom stereocenters. The number of fused-ring (bicyclic) bond motifs is 1. The van der Waals surface area contributed by atoms with E-state index in [1.165, 1.54) is 34.4 Å². The highest BCUT2D eigenvalue weighted by molar-refractivity contribution is 7.22. The number of nitro groups is 1. The molecule has 0 bridgehead atoms. The van der Waals surface area contributed by atoms with Crippen molar-refractivity contribution in [3.05, 3.63) is 62.7 Å². The fraction of sp³-hybridized carbons (Fsp3) is 0.263. The number of rotatable bonds is 6. The van der Waals surface area contributed by atoms with Crippen molar-refractivity contribution in [2.75, 3.05) is 32.1 Å². The standard InChI is InChI=1S/C19H19ClN4O3S/c1-12-4-6-15-17(10-12)28-19(21-15)23(9-8-22(2)3)18(25)14-11-13(20)5-7-16(14)24(26)27/h4-7,10-11H,8-9H2,1-3H3. The molecule has 3 aromatic rings. The lowest BCUT2D eigenvalue weighted by Crippen LogP contribution is -2.37. The smallest absolute Gasteiger partial charge is 0.282 e. The van der Waals surface area contributed by atoms with Gasteiger partial charge in [-0.1, -0.05) is 29.0 Å². The average Bonchev–Trinajstić information content (AvgIpc) is 3.03. The molecule has 9 heteroatoms. The van der Waals surface area contributed by atoms with Gasteiger partial charge in [-0.25, -0.2) is 4.98 Å². The van der Waals surface area contributed by atoms with Crippen molar-refractivity contribution in [3.8, 4) is 0 Å². The van der Waals surface area contributed by atoms with Gasteiger partial charge in [-0.05, 0) is 50.8 Å². The van der Waals surface area contributed by atoms with Crippen molar-refractivity contribution in [2.45, 2.75) is 6.92 Å². The second kappa shape index (κ2) is 8.22. The molecule has 3 rings (SSSR count). The van der Waals surface area contributed by atoms with Gasteiger partial charge in [0, 0.05) is 24.2 Å². The lowest BCUT2D eigenvalue weighted by molar-refractivity contribution is -0.385. The predicted molar refractivity (Wildman–Crippen MR) is 113 cm³/mol. The summed E-state index contributed by atoms with van der Waals surface area (Å²) in [6.07, 6.45) is 0. The lowest BCUT2D eigenvalue weighted by atomic mass is 10.1. The third-order valence-electron chi connectivity index (χ3n) is 4.17. The molecule has 0 radical (unpaired) electrons. The van der Waals surface area contributed by atoms with Crippen LogP contribution in [0.25, 0.3) is 10.2 Å². The third-order valence-corrected chi connectivity index (χ3v) is 5.44. The molecule has 0 spiro atoms. The fourth-order valence-corrected chi connectivity index (χ4v) is 3.96. The van der Waals surface area contributed by atoms with Gasteiger partial charge in [-0.15, -0.1) is 0 Å². The number of hydrogen-bond acceptors (Lipinski definition) is 6. The maximum Gasteiger partial charge on any atom is 0.282 e. The number of amides is 1. The summed E-state index contributed by atoms with van der Waals surface area (Å²) in [5.41, 5.74) is 1.56. The number of nitro benzene ring substituents is 1. The van der Waals surface area contributed by atoms with Crippen molar-refractivity contribution in [2.24, 2.45) is 0 Å². The Hall–Kier alpha value is -2.55. The third kappa shape index (κ3) is 4.30. The van der Waals surface area contributed by atoms with Crippen molar-refractivity contribution in [1.82, 2.24) is 9.88 Å². The number of halogens is 1. The Kier molecular flexibility index (Phi) is 5.93. The molecule has 7 nitrogen and oxygen atoms in total.